The van der Waals surface area contributed by atoms with Gasteiger partial charge in [0.2, 0.25) is 0 Å². The van der Waals surface area contributed by atoms with Crippen molar-refractivity contribution >= 4 is 16.7 Å². The molecule has 0 aliphatic carbocycles. The molecule has 2 aromatic carbocycles. The van der Waals surface area contributed by atoms with Crippen molar-refractivity contribution in [1.82, 2.24) is 9.55 Å². The number of nitrogens with zero attached hydrogens (tertiary/aromatic N) is 2. The number of aryl methyl sites for hydroxylation is 1. The summed E-state index contributed by atoms with van der Waals surface area (Å²) in [5.41, 5.74) is 2.23. The number of halogens is 2. The van der Waals surface area contributed by atoms with Gasteiger partial charge in [-0.15, -0.1) is 0 Å². The van der Waals surface area contributed by atoms with Crippen LogP contribution in [-0.2, 0) is 13.1 Å². The lowest BCUT2D eigenvalue weighted by atomic mass is 10.3. The zero-order chi connectivity index (χ0) is 14.8. The molecule has 0 unspecified atom stereocenters. The Labute approximate surface area is 121 Å². The minimum Gasteiger partial charge on any atom is -0.375 e. The summed E-state index contributed by atoms with van der Waals surface area (Å²) in [6.07, 6.45) is 0. The summed E-state index contributed by atoms with van der Waals surface area (Å²) in [6.45, 7) is 3.20. The maximum absolute atomic E-state index is 13.6. The normalized spacial score (nSPS) is 11.0. The molecule has 3 nitrogen and oxygen atoms in total. The zero-order valence-corrected chi connectivity index (χ0v) is 11.6. The van der Waals surface area contributed by atoms with Gasteiger partial charge in [-0.1, -0.05) is 12.1 Å². The Bertz CT molecular complexity index is 780. The molecule has 0 atom stereocenters. The molecule has 21 heavy (non-hydrogen) atoms. The van der Waals surface area contributed by atoms with Crippen LogP contribution in [0.25, 0.3) is 11.0 Å². The first-order valence-corrected chi connectivity index (χ1v) is 6.82. The van der Waals surface area contributed by atoms with Gasteiger partial charge in [-0.2, -0.15) is 0 Å². The molecule has 0 aliphatic rings. The fourth-order valence-electron chi connectivity index (χ4n) is 2.42. The van der Waals surface area contributed by atoms with E-state index in [-0.39, 0.29) is 5.69 Å². The highest BCUT2D eigenvalue weighted by Gasteiger charge is 2.10. The first-order chi connectivity index (χ1) is 10.2. The number of imidazole rings is 1. The monoisotopic (exact) mass is 287 g/mol. The Morgan fingerprint density at radius 3 is 2.71 bits per heavy atom. The van der Waals surface area contributed by atoms with E-state index in [0.29, 0.717) is 6.54 Å². The number of hydrogen-bond donors (Lipinski definition) is 1. The predicted octanol–water partition coefficient (Wildman–Crippen LogP) is 3.95. The van der Waals surface area contributed by atoms with Gasteiger partial charge in [0, 0.05) is 12.6 Å². The third kappa shape index (κ3) is 2.59. The topological polar surface area (TPSA) is 29.9 Å². The Balaban J connectivity index is 1.88. The molecule has 3 rings (SSSR count). The molecule has 0 saturated carbocycles. The average molecular weight is 287 g/mol. The minimum atomic E-state index is -0.603. The third-order valence-electron chi connectivity index (χ3n) is 3.42. The fourth-order valence-corrected chi connectivity index (χ4v) is 2.42. The average Bonchev–Trinajstić information content (AvgIpc) is 2.83. The van der Waals surface area contributed by atoms with E-state index in [1.165, 1.54) is 12.1 Å². The molecule has 1 N–H and O–H groups in total. The minimum absolute atomic E-state index is 0.270. The second-order valence-electron chi connectivity index (χ2n) is 4.74. The highest BCUT2D eigenvalue weighted by Crippen LogP contribution is 2.19. The molecule has 0 bridgehead atoms. The Morgan fingerprint density at radius 1 is 1.14 bits per heavy atom. The molecule has 0 spiro atoms. The number of nitrogens with one attached hydrogen (secondary N) is 1. The van der Waals surface area contributed by atoms with Crippen LogP contribution in [0.5, 0.6) is 0 Å². The molecular formula is C16H15F2N3. The van der Waals surface area contributed by atoms with Gasteiger partial charge >= 0.3 is 0 Å². The van der Waals surface area contributed by atoms with Crippen molar-refractivity contribution in [3.63, 3.8) is 0 Å². The number of hydrogen-bond acceptors (Lipinski definition) is 2. The lowest BCUT2D eigenvalue weighted by molar-refractivity contribution is 0.584. The number of rotatable bonds is 4. The van der Waals surface area contributed by atoms with Gasteiger partial charge in [0.25, 0.3) is 0 Å². The number of anilines is 1. The van der Waals surface area contributed by atoms with Gasteiger partial charge in [0.1, 0.15) is 17.5 Å². The van der Waals surface area contributed by atoms with Crippen LogP contribution in [0.1, 0.15) is 12.7 Å². The van der Waals surface area contributed by atoms with E-state index >= 15 is 0 Å². The highest BCUT2D eigenvalue weighted by molar-refractivity contribution is 5.75. The molecule has 3 aromatic rings. The third-order valence-corrected chi connectivity index (χ3v) is 3.42. The lowest BCUT2D eigenvalue weighted by Gasteiger charge is -2.09. The fraction of sp³-hybridized carbons (Fsp3) is 0.188. The Hall–Kier alpha value is -2.43. The quantitative estimate of drug-likeness (QED) is 0.787. The lowest BCUT2D eigenvalue weighted by Crippen LogP contribution is -2.08. The van der Waals surface area contributed by atoms with E-state index < -0.39 is 11.6 Å². The van der Waals surface area contributed by atoms with Crippen LogP contribution < -0.4 is 5.32 Å². The molecule has 0 radical (unpaired) electrons. The van der Waals surface area contributed by atoms with Crippen molar-refractivity contribution in [1.29, 1.82) is 0 Å². The van der Waals surface area contributed by atoms with Crippen molar-refractivity contribution in [2.45, 2.75) is 20.0 Å². The summed E-state index contributed by atoms with van der Waals surface area (Å²) in [6, 6.07) is 11.3. The van der Waals surface area contributed by atoms with Crippen LogP contribution in [0, 0.1) is 11.6 Å². The summed E-state index contributed by atoms with van der Waals surface area (Å²) in [7, 11) is 0. The van der Waals surface area contributed by atoms with Crippen molar-refractivity contribution in [2.24, 2.45) is 0 Å². The Morgan fingerprint density at radius 2 is 1.95 bits per heavy atom. The van der Waals surface area contributed by atoms with E-state index in [9.17, 15) is 8.78 Å². The zero-order valence-electron chi connectivity index (χ0n) is 11.6. The summed E-state index contributed by atoms with van der Waals surface area (Å²) in [4.78, 5) is 4.55. The van der Waals surface area contributed by atoms with Crippen LogP contribution >= 0.6 is 0 Å². The Kier molecular flexibility index (Phi) is 3.56. The number of para-hydroxylation sites is 2. The van der Waals surface area contributed by atoms with Crippen LogP contribution in [-0.4, -0.2) is 9.55 Å². The highest BCUT2D eigenvalue weighted by atomic mass is 19.1. The van der Waals surface area contributed by atoms with Gasteiger partial charge in [-0.25, -0.2) is 13.8 Å². The van der Waals surface area contributed by atoms with E-state index in [1.807, 2.05) is 31.2 Å². The smallest absolute Gasteiger partial charge is 0.149 e. The van der Waals surface area contributed by atoms with Crippen LogP contribution in [0.15, 0.2) is 42.5 Å². The molecule has 0 aliphatic heterocycles. The van der Waals surface area contributed by atoms with E-state index in [4.69, 9.17) is 0 Å². The molecule has 1 heterocycles. The van der Waals surface area contributed by atoms with Crippen LogP contribution in [0.2, 0.25) is 0 Å². The molecule has 108 valence electrons. The van der Waals surface area contributed by atoms with Crippen molar-refractivity contribution in [3.8, 4) is 0 Å². The van der Waals surface area contributed by atoms with Crippen molar-refractivity contribution in [2.75, 3.05) is 5.32 Å². The second-order valence-corrected chi connectivity index (χ2v) is 4.74. The number of fused-ring (bicyclic) bond motifs is 1. The van der Waals surface area contributed by atoms with Crippen LogP contribution in [0.3, 0.4) is 0 Å². The van der Waals surface area contributed by atoms with E-state index in [0.717, 1.165) is 29.5 Å². The number of benzene rings is 2. The van der Waals surface area contributed by atoms with E-state index in [1.54, 1.807) is 0 Å². The SMILES string of the molecule is CCn1c(CNc2ccc(F)cc2F)nc2ccccc21. The van der Waals surface area contributed by atoms with Gasteiger partial charge in [-0.3, -0.25) is 0 Å². The maximum Gasteiger partial charge on any atom is 0.149 e. The second kappa shape index (κ2) is 5.52. The standard InChI is InChI=1S/C16H15F2N3/c1-2-21-15-6-4-3-5-14(15)20-16(21)10-19-13-8-7-11(17)9-12(13)18/h3-9,19H,2,10H2,1H3. The molecule has 5 heteroatoms. The van der Waals surface area contributed by atoms with E-state index in [2.05, 4.69) is 14.9 Å². The van der Waals surface area contributed by atoms with Gasteiger partial charge in [-0.05, 0) is 31.2 Å². The summed E-state index contributed by atoms with van der Waals surface area (Å²) >= 11 is 0. The van der Waals surface area contributed by atoms with Gasteiger partial charge < -0.3 is 9.88 Å². The molecule has 0 amide bonds. The summed E-state index contributed by atoms with van der Waals surface area (Å²) in [5.74, 6) is -0.365. The number of aromatic nitrogens is 2. The first kappa shape index (κ1) is 13.5. The first-order valence-electron chi connectivity index (χ1n) is 6.82. The largest absolute Gasteiger partial charge is 0.375 e. The molecule has 0 saturated heterocycles. The van der Waals surface area contributed by atoms with Gasteiger partial charge in [0.15, 0.2) is 0 Å². The summed E-state index contributed by atoms with van der Waals surface area (Å²) in [5, 5.41) is 2.97. The molecule has 0 fully saturated rings. The maximum atomic E-state index is 13.6. The predicted molar refractivity (Wildman–Crippen MR) is 79.1 cm³/mol. The molecular weight excluding hydrogens is 272 g/mol. The summed E-state index contributed by atoms with van der Waals surface area (Å²) < 4.78 is 28.6. The van der Waals surface area contributed by atoms with Crippen molar-refractivity contribution < 1.29 is 8.78 Å². The van der Waals surface area contributed by atoms with Crippen LogP contribution in [0.4, 0.5) is 14.5 Å². The molecule has 1 aromatic heterocycles. The van der Waals surface area contributed by atoms with Crippen molar-refractivity contribution in [3.05, 3.63) is 59.9 Å². The van der Waals surface area contributed by atoms with Gasteiger partial charge in [0.05, 0.1) is 23.3 Å².